The molecule has 0 spiro atoms. The number of aryl methyl sites for hydroxylation is 1. The van der Waals surface area contributed by atoms with Crippen LogP contribution in [0, 0.1) is 0 Å². The highest BCUT2D eigenvalue weighted by Gasteiger charge is 2.17. The van der Waals surface area contributed by atoms with Crippen LogP contribution in [0.5, 0.6) is 5.75 Å². The first-order valence-electron chi connectivity index (χ1n) is 9.02. The molecule has 3 aromatic rings. The normalized spacial score (nSPS) is 10.4. The predicted octanol–water partition coefficient (Wildman–Crippen LogP) is 0.355. The van der Waals surface area contributed by atoms with Crippen molar-refractivity contribution < 1.29 is 19.1 Å². The standard InChI is InChI=1S/C20H19N5O5/c1-2-25-20(29)15-9-4-3-8-14(15)17(24-25)19(28)23-22-16(26)11-30-13-7-5-6-12(10-13)18(21)27/h3-10H,2,11H2,1H3,(H2,21,27)(H,22,26)(H,23,28). The highest BCUT2D eigenvalue weighted by Crippen LogP contribution is 2.14. The molecule has 0 radical (unpaired) electrons. The van der Waals surface area contributed by atoms with E-state index in [1.54, 1.807) is 43.3 Å². The number of nitrogens with two attached hydrogens (primary N) is 1. The molecule has 1 aromatic heterocycles. The van der Waals surface area contributed by atoms with Crippen molar-refractivity contribution in [3.63, 3.8) is 0 Å². The molecule has 0 aliphatic heterocycles. The second kappa shape index (κ2) is 8.86. The van der Waals surface area contributed by atoms with Gasteiger partial charge in [-0.05, 0) is 31.2 Å². The van der Waals surface area contributed by atoms with Crippen LogP contribution in [0.3, 0.4) is 0 Å². The van der Waals surface area contributed by atoms with Crippen LogP contribution >= 0.6 is 0 Å². The van der Waals surface area contributed by atoms with Gasteiger partial charge in [-0.3, -0.25) is 30.0 Å². The maximum atomic E-state index is 12.5. The zero-order valence-corrected chi connectivity index (χ0v) is 16.0. The molecule has 0 fully saturated rings. The number of nitrogens with one attached hydrogen (secondary N) is 2. The third kappa shape index (κ3) is 4.43. The van der Waals surface area contributed by atoms with Gasteiger partial charge < -0.3 is 10.5 Å². The number of hydrogen-bond acceptors (Lipinski definition) is 6. The van der Waals surface area contributed by atoms with Crippen LogP contribution in [0.2, 0.25) is 0 Å². The molecule has 30 heavy (non-hydrogen) atoms. The lowest BCUT2D eigenvalue weighted by molar-refractivity contribution is -0.123. The molecule has 3 amide bonds. The SMILES string of the molecule is CCn1nc(C(=O)NNC(=O)COc2cccc(C(N)=O)c2)c2ccccc2c1=O. The summed E-state index contributed by atoms with van der Waals surface area (Å²) in [7, 11) is 0. The summed E-state index contributed by atoms with van der Waals surface area (Å²) in [5, 5.41) is 4.81. The Morgan fingerprint density at radius 3 is 2.50 bits per heavy atom. The monoisotopic (exact) mass is 409 g/mol. The molecule has 0 atom stereocenters. The maximum Gasteiger partial charge on any atom is 0.290 e. The molecule has 1 heterocycles. The number of nitrogens with zero attached hydrogens (tertiary/aromatic N) is 2. The van der Waals surface area contributed by atoms with Gasteiger partial charge in [-0.2, -0.15) is 5.10 Å². The van der Waals surface area contributed by atoms with Crippen molar-refractivity contribution in [2.24, 2.45) is 5.73 Å². The minimum Gasteiger partial charge on any atom is -0.484 e. The van der Waals surface area contributed by atoms with E-state index >= 15 is 0 Å². The fourth-order valence-corrected chi connectivity index (χ4v) is 2.73. The molecular formula is C20H19N5O5. The summed E-state index contributed by atoms with van der Waals surface area (Å²) in [4.78, 5) is 48.1. The summed E-state index contributed by atoms with van der Waals surface area (Å²) in [6.45, 7) is 1.61. The topological polar surface area (TPSA) is 145 Å². The van der Waals surface area contributed by atoms with E-state index in [1.165, 1.54) is 16.8 Å². The Hall–Kier alpha value is -4.21. The van der Waals surface area contributed by atoms with Gasteiger partial charge in [-0.25, -0.2) is 4.68 Å². The zero-order chi connectivity index (χ0) is 21.7. The second-order valence-electron chi connectivity index (χ2n) is 6.20. The Bertz CT molecular complexity index is 1190. The Kier molecular flexibility index (Phi) is 6.06. The minimum absolute atomic E-state index is 0.00225. The van der Waals surface area contributed by atoms with Crippen molar-refractivity contribution in [2.75, 3.05) is 6.61 Å². The average Bonchev–Trinajstić information content (AvgIpc) is 2.76. The molecule has 0 bridgehead atoms. The lowest BCUT2D eigenvalue weighted by Gasteiger charge is -2.11. The first-order chi connectivity index (χ1) is 14.4. The summed E-state index contributed by atoms with van der Waals surface area (Å²) in [6, 6.07) is 12.6. The Labute approximate surface area is 170 Å². The van der Waals surface area contributed by atoms with E-state index in [0.29, 0.717) is 10.8 Å². The molecule has 154 valence electrons. The van der Waals surface area contributed by atoms with Crippen LogP contribution in [0.25, 0.3) is 10.8 Å². The molecule has 0 unspecified atom stereocenters. The second-order valence-corrected chi connectivity index (χ2v) is 6.20. The molecule has 3 rings (SSSR count). The van der Waals surface area contributed by atoms with Gasteiger partial charge in [0.05, 0.1) is 5.39 Å². The molecule has 2 aromatic carbocycles. The smallest absolute Gasteiger partial charge is 0.290 e. The fraction of sp³-hybridized carbons (Fsp3) is 0.150. The van der Waals surface area contributed by atoms with Gasteiger partial charge in [0.1, 0.15) is 5.75 Å². The van der Waals surface area contributed by atoms with E-state index in [9.17, 15) is 19.2 Å². The first kappa shape index (κ1) is 20.5. The molecular weight excluding hydrogens is 390 g/mol. The number of ether oxygens (including phenoxy) is 1. The average molecular weight is 409 g/mol. The Balaban J connectivity index is 1.66. The van der Waals surface area contributed by atoms with Gasteiger partial charge in [-0.15, -0.1) is 0 Å². The Morgan fingerprint density at radius 1 is 1.07 bits per heavy atom. The number of fused-ring (bicyclic) bond motifs is 1. The summed E-state index contributed by atoms with van der Waals surface area (Å²) >= 11 is 0. The number of hydrazine groups is 1. The number of benzene rings is 2. The van der Waals surface area contributed by atoms with Crippen molar-refractivity contribution in [1.29, 1.82) is 0 Å². The van der Waals surface area contributed by atoms with Crippen LogP contribution in [0.1, 0.15) is 27.8 Å². The van der Waals surface area contributed by atoms with Gasteiger partial charge in [0.25, 0.3) is 17.4 Å². The van der Waals surface area contributed by atoms with Gasteiger partial charge in [-0.1, -0.05) is 24.3 Å². The lowest BCUT2D eigenvalue weighted by Crippen LogP contribution is -2.44. The lowest BCUT2D eigenvalue weighted by atomic mass is 10.1. The minimum atomic E-state index is -0.683. The van der Waals surface area contributed by atoms with Gasteiger partial charge in [0, 0.05) is 17.5 Å². The number of aromatic nitrogens is 2. The molecule has 0 saturated heterocycles. The summed E-state index contributed by atoms with van der Waals surface area (Å²) < 4.78 is 6.46. The quantitative estimate of drug-likeness (QED) is 0.501. The van der Waals surface area contributed by atoms with Crippen molar-refractivity contribution in [2.45, 2.75) is 13.5 Å². The molecule has 4 N–H and O–H groups in total. The molecule has 10 heteroatoms. The fourth-order valence-electron chi connectivity index (χ4n) is 2.73. The summed E-state index contributed by atoms with van der Waals surface area (Å²) in [5.41, 5.74) is 9.61. The van der Waals surface area contributed by atoms with Gasteiger partial charge >= 0.3 is 0 Å². The van der Waals surface area contributed by atoms with E-state index in [4.69, 9.17) is 10.5 Å². The van der Waals surface area contributed by atoms with Crippen LogP contribution in [0.4, 0.5) is 0 Å². The van der Waals surface area contributed by atoms with Crippen molar-refractivity contribution in [3.8, 4) is 5.75 Å². The largest absolute Gasteiger partial charge is 0.484 e. The third-order valence-electron chi connectivity index (χ3n) is 4.19. The highest BCUT2D eigenvalue weighted by molar-refractivity contribution is 6.05. The summed E-state index contributed by atoms with van der Waals surface area (Å²) in [6.07, 6.45) is 0. The third-order valence-corrected chi connectivity index (χ3v) is 4.19. The van der Waals surface area contributed by atoms with E-state index in [1.807, 2.05) is 0 Å². The van der Waals surface area contributed by atoms with Crippen molar-refractivity contribution in [1.82, 2.24) is 20.6 Å². The van der Waals surface area contributed by atoms with Crippen LogP contribution in [-0.2, 0) is 11.3 Å². The maximum absolute atomic E-state index is 12.5. The highest BCUT2D eigenvalue weighted by atomic mass is 16.5. The van der Waals surface area contributed by atoms with Crippen LogP contribution < -0.4 is 26.9 Å². The number of amides is 3. The molecule has 10 nitrogen and oxygen atoms in total. The van der Waals surface area contributed by atoms with E-state index in [0.717, 1.165) is 0 Å². The van der Waals surface area contributed by atoms with Crippen LogP contribution in [-0.4, -0.2) is 34.1 Å². The number of carbonyl (C=O) groups is 3. The Morgan fingerprint density at radius 2 is 1.80 bits per heavy atom. The first-order valence-corrected chi connectivity index (χ1v) is 9.02. The van der Waals surface area contributed by atoms with E-state index in [-0.39, 0.29) is 29.1 Å². The number of primary amides is 1. The zero-order valence-electron chi connectivity index (χ0n) is 16.0. The van der Waals surface area contributed by atoms with Crippen molar-refractivity contribution >= 4 is 28.5 Å². The van der Waals surface area contributed by atoms with Gasteiger partial charge in [0.2, 0.25) is 5.91 Å². The van der Waals surface area contributed by atoms with E-state index in [2.05, 4.69) is 16.0 Å². The summed E-state index contributed by atoms with van der Waals surface area (Å²) in [5.74, 6) is -1.67. The van der Waals surface area contributed by atoms with Crippen LogP contribution in [0.15, 0.2) is 53.3 Å². The number of hydrogen-bond donors (Lipinski definition) is 3. The predicted molar refractivity (Wildman–Crippen MR) is 108 cm³/mol. The van der Waals surface area contributed by atoms with Crippen molar-refractivity contribution in [3.05, 3.63) is 70.1 Å². The number of rotatable bonds is 6. The van der Waals surface area contributed by atoms with Gasteiger partial charge in [0.15, 0.2) is 12.3 Å². The molecule has 0 aliphatic carbocycles. The molecule has 0 aliphatic rings. The molecule has 0 saturated carbocycles. The number of carbonyl (C=O) groups excluding carboxylic acids is 3. The van der Waals surface area contributed by atoms with E-state index < -0.39 is 24.3 Å².